The molecule has 5 heteroatoms. The summed E-state index contributed by atoms with van der Waals surface area (Å²) in [6.07, 6.45) is 3.73. The average Bonchev–Trinajstić information content (AvgIpc) is 2.43. The first-order valence-electron chi connectivity index (χ1n) is 6.54. The number of thioether (sulfide) groups is 1. The zero-order valence-electron chi connectivity index (χ0n) is 11.7. The van der Waals surface area contributed by atoms with Crippen molar-refractivity contribution in [3.05, 3.63) is 23.5 Å². The van der Waals surface area contributed by atoms with E-state index in [0.29, 0.717) is 0 Å². The van der Waals surface area contributed by atoms with Crippen LogP contribution in [-0.2, 0) is 16.1 Å². The van der Waals surface area contributed by atoms with Crippen LogP contribution < -0.4 is 0 Å². The summed E-state index contributed by atoms with van der Waals surface area (Å²) in [6, 6.07) is 2.00. The van der Waals surface area contributed by atoms with Gasteiger partial charge in [0.05, 0.1) is 12.3 Å². The molecule has 0 aromatic carbocycles. The number of methoxy groups -OCH3 is 1. The van der Waals surface area contributed by atoms with Crippen LogP contribution in [0.1, 0.15) is 24.1 Å². The third-order valence-corrected chi connectivity index (χ3v) is 3.98. The highest BCUT2D eigenvalue weighted by atomic mass is 32.2. The van der Waals surface area contributed by atoms with Crippen molar-refractivity contribution in [2.75, 3.05) is 32.7 Å². The minimum atomic E-state index is 0.00282. The smallest absolute Gasteiger partial charge is 0.0856 e. The van der Waals surface area contributed by atoms with Crippen LogP contribution in [0.3, 0.4) is 0 Å². The van der Waals surface area contributed by atoms with Gasteiger partial charge in [-0.1, -0.05) is 0 Å². The van der Waals surface area contributed by atoms with Gasteiger partial charge in [0.15, 0.2) is 0 Å². The van der Waals surface area contributed by atoms with Crippen LogP contribution in [0.25, 0.3) is 0 Å². The lowest BCUT2D eigenvalue weighted by atomic mass is 10.2. The van der Waals surface area contributed by atoms with Gasteiger partial charge in [0.2, 0.25) is 0 Å². The molecule has 1 rings (SSSR count). The van der Waals surface area contributed by atoms with Gasteiger partial charge in [-0.3, -0.25) is 4.98 Å². The van der Waals surface area contributed by atoms with E-state index in [-0.39, 0.29) is 6.61 Å². The topological polar surface area (TPSA) is 51.6 Å². The molecule has 1 aromatic heterocycles. The molecule has 19 heavy (non-hydrogen) atoms. The second kappa shape index (κ2) is 10.2. The Balaban J connectivity index is 2.16. The molecule has 0 aliphatic carbocycles. The van der Waals surface area contributed by atoms with E-state index in [9.17, 15) is 0 Å². The molecule has 0 atom stereocenters. The molecule has 0 aliphatic rings. The number of aliphatic hydroxyl groups excluding tert-OH is 1. The van der Waals surface area contributed by atoms with Crippen molar-refractivity contribution in [2.24, 2.45) is 0 Å². The van der Waals surface area contributed by atoms with Crippen LogP contribution in [0.2, 0.25) is 0 Å². The minimum Gasteiger partial charge on any atom is -0.390 e. The van der Waals surface area contributed by atoms with E-state index in [4.69, 9.17) is 14.6 Å². The van der Waals surface area contributed by atoms with Crippen molar-refractivity contribution in [2.45, 2.75) is 31.3 Å². The first kappa shape index (κ1) is 16.4. The monoisotopic (exact) mass is 285 g/mol. The van der Waals surface area contributed by atoms with Crippen LogP contribution >= 0.6 is 11.8 Å². The maximum absolute atomic E-state index is 9.15. The van der Waals surface area contributed by atoms with Crippen molar-refractivity contribution in [3.8, 4) is 0 Å². The van der Waals surface area contributed by atoms with E-state index >= 15 is 0 Å². The van der Waals surface area contributed by atoms with E-state index in [1.165, 1.54) is 4.90 Å². The molecule has 0 amide bonds. The van der Waals surface area contributed by atoms with Gasteiger partial charge in [-0.05, 0) is 31.4 Å². The van der Waals surface area contributed by atoms with Crippen LogP contribution in [0.4, 0.5) is 0 Å². The highest BCUT2D eigenvalue weighted by Gasteiger charge is 2.04. The van der Waals surface area contributed by atoms with Crippen molar-refractivity contribution in [1.82, 2.24) is 4.98 Å². The van der Waals surface area contributed by atoms with Crippen molar-refractivity contribution in [1.29, 1.82) is 0 Å². The van der Waals surface area contributed by atoms with E-state index in [1.54, 1.807) is 25.1 Å². The standard InChI is InChI=1S/C14H23NO3S/c1-12-13(11-16)15-6-5-14(12)19-10-4-9-18-8-3-7-17-2/h5-6,16H,3-4,7-11H2,1-2H3. The van der Waals surface area contributed by atoms with Gasteiger partial charge >= 0.3 is 0 Å². The number of aliphatic hydroxyl groups is 1. The van der Waals surface area contributed by atoms with Gasteiger partial charge in [0, 0.05) is 43.8 Å². The third-order valence-electron chi connectivity index (χ3n) is 2.74. The van der Waals surface area contributed by atoms with Crippen LogP contribution in [-0.4, -0.2) is 42.8 Å². The zero-order chi connectivity index (χ0) is 13.9. The number of hydrogen-bond acceptors (Lipinski definition) is 5. The SMILES string of the molecule is COCCCOCCCSc1ccnc(CO)c1C. The maximum atomic E-state index is 9.15. The molecule has 1 N–H and O–H groups in total. The first-order valence-corrected chi connectivity index (χ1v) is 7.53. The third kappa shape index (κ3) is 6.38. The first-order chi connectivity index (χ1) is 9.29. The largest absolute Gasteiger partial charge is 0.390 e. The Hall–Kier alpha value is -0.620. The lowest BCUT2D eigenvalue weighted by Crippen LogP contribution is -2.01. The van der Waals surface area contributed by atoms with Gasteiger partial charge in [-0.25, -0.2) is 0 Å². The summed E-state index contributed by atoms with van der Waals surface area (Å²) >= 11 is 1.79. The summed E-state index contributed by atoms with van der Waals surface area (Å²) in [6.45, 7) is 4.31. The zero-order valence-corrected chi connectivity index (χ0v) is 12.5. The molecule has 0 aliphatic heterocycles. The molecule has 1 heterocycles. The van der Waals surface area contributed by atoms with E-state index in [2.05, 4.69) is 4.98 Å². The maximum Gasteiger partial charge on any atom is 0.0856 e. The summed E-state index contributed by atoms with van der Waals surface area (Å²) in [5.41, 5.74) is 1.84. The molecule has 0 fully saturated rings. The number of pyridine rings is 1. The number of nitrogens with zero attached hydrogens (tertiary/aromatic N) is 1. The lowest BCUT2D eigenvalue weighted by molar-refractivity contribution is 0.104. The van der Waals surface area contributed by atoms with Gasteiger partial charge in [-0.2, -0.15) is 0 Å². The molecule has 108 valence electrons. The van der Waals surface area contributed by atoms with E-state index in [0.717, 1.165) is 49.7 Å². The highest BCUT2D eigenvalue weighted by molar-refractivity contribution is 7.99. The van der Waals surface area contributed by atoms with Crippen molar-refractivity contribution < 1.29 is 14.6 Å². The summed E-state index contributed by atoms with van der Waals surface area (Å²) in [7, 11) is 1.70. The highest BCUT2D eigenvalue weighted by Crippen LogP contribution is 2.24. The molecule has 0 saturated carbocycles. The molecule has 4 nitrogen and oxygen atoms in total. The minimum absolute atomic E-state index is 0.00282. The number of aromatic nitrogens is 1. The molecular formula is C14H23NO3S. The summed E-state index contributed by atoms with van der Waals surface area (Å²) in [5, 5.41) is 9.15. The second-order valence-corrected chi connectivity index (χ2v) is 5.34. The fraction of sp³-hybridized carbons (Fsp3) is 0.643. The predicted molar refractivity (Wildman–Crippen MR) is 77.5 cm³/mol. The molecule has 0 unspecified atom stereocenters. The Morgan fingerprint density at radius 1 is 1.26 bits per heavy atom. The fourth-order valence-corrected chi connectivity index (χ4v) is 2.60. The molecule has 0 spiro atoms. The van der Waals surface area contributed by atoms with Gasteiger partial charge in [-0.15, -0.1) is 11.8 Å². The van der Waals surface area contributed by atoms with Crippen LogP contribution in [0.15, 0.2) is 17.2 Å². The number of rotatable bonds is 10. The Labute approximate surface area is 119 Å². The van der Waals surface area contributed by atoms with Crippen molar-refractivity contribution in [3.63, 3.8) is 0 Å². The predicted octanol–water partition coefficient (Wildman–Crippen LogP) is 2.42. The summed E-state index contributed by atoms with van der Waals surface area (Å²) in [5.74, 6) is 1.01. The van der Waals surface area contributed by atoms with Gasteiger partial charge < -0.3 is 14.6 Å². The van der Waals surface area contributed by atoms with Crippen LogP contribution in [0.5, 0.6) is 0 Å². The number of hydrogen-bond donors (Lipinski definition) is 1. The lowest BCUT2D eigenvalue weighted by Gasteiger charge is -2.08. The molecule has 0 radical (unpaired) electrons. The van der Waals surface area contributed by atoms with E-state index < -0.39 is 0 Å². The van der Waals surface area contributed by atoms with Crippen LogP contribution in [0, 0.1) is 6.92 Å². The Morgan fingerprint density at radius 2 is 2.05 bits per heavy atom. The summed E-state index contributed by atoms with van der Waals surface area (Å²) in [4.78, 5) is 5.34. The van der Waals surface area contributed by atoms with Crippen molar-refractivity contribution >= 4 is 11.8 Å². The van der Waals surface area contributed by atoms with E-state index in [1.807, 2.05) is 13.0 Å². The molecule has 1 aromatic rings. The normalized spacial score (nSPS) is 10.9. The van der Waals surface area contributed by atoms with Gasteiger partial charge in [0.1, 0.15) is 0 Å². The Kier molecular flexibility index (Phi) is 8.82. The Morgan fingerprint density at radius 3 is 2.79 bits per heavy atom. The number of ether oxygens (including phenoxy) is 2. The Bertz CT molecular complexity index is 361. The quantitative estimate of drug-likeness (QED) is 0.528. The second-order valence-electron chi connectivity index (χ2n) is 4.20. The fourth-order valence-electron chi connectivity index (χ4n) is 1.63. The van der Waals surface area contributed by atoms with Gasteiger partial charge in [0.25, 0.3) is 0 Å². The molecule has 0 bridgehead atoms. The average molecular weight is 285 g/mol. The molecule has 0 saturated heterocycles. The summed E-state index contributed by atoms with van der Waals surface area (Å²) < 4.78 is 10.5. The molecular weight excluding hydrogens is 262 g/mol.